The van der Waals surface area contributed by atoms with Gasteiger partial charge in [-0.05, 0) is 61.7 Å². The number of carbonyl (C=O) groups excluding carboxylic acids is 1. The molecule has 0 radical (unpaired) electrons. The van der Waals surface area contributed by atoms with Crippen molar-refractivity contribution in [1.82, 2.24) is 0 Å². The van der Waals surface area contributed by atoms with Crippen molar-refractivity contribution in [1.29, 1.82) is 5.26 Å². The molecule has 0 bridgehead atoms. The number of aryl methyl sites for hydroxylation is 1. The molecule has 0 aromatic heterocycles. The SMILES string of the molecule is C=CCc1cc(/C=C(/C#N)C(=O)Nc2cccc(C)c2)cc(OCC)c1O. The van der Waals surface area contributed by atoms with E-state index in [1.165, 1.54) is 6.08 Å². The summed E-state index contributed by atoms with van der Waals surface area (Å²) >= 11 is 0. The highest BCUT2D eigenvalue weighted by Gasteiger charge is 2.13. The van der Waals surface area contributed by atoms with Gasteiger partial charge in [-0.25, -0.2) is 0 Å². The van der Waals surface area contributed by atoms with E-state index in [0.717, 1.165) is 5.56 Å². The zero-order valence-electron chi connectivity index (χ0n) is 15.5. The Balaban J connectivity index is 2.36. The van der Waals surface area contributed by atoms with Gasteiger partial charge in [0.05, 0.1) is 6.61 Å². The molecule has 2 aromatic rings. The summed E-state index contributed by atoms with van der Waals surface area (Å²) in [5.74, 6) is -0.157. The van der Waals surface area contributed by atoms with Crippen molar-refractivity contribution in [2.45, 2.75) is 20.3 Å². The van der Waals surface area contributed by atoms with Crippen LogP contribution in [-0.4, -0.2) is 17.6 Å². The number of aromatic hydroxyl groups is 1. The van der Waals surface area contributed by atoms with E-state index in [9.17, 15) is 15.2 Å². The fraction of sp³-hybridized carbons (Fsp3) is 0.182. The highest BCUT2D eigenvalue weighted by Crippen LogP contribution is 2.33. The third-order valence-electron chi connectivity index (χ3n) is 3.79. The zero-order chi connectivity index (χ0) is 19.8. The second-order valence-corrected chi connectivity index (χ2v) is 5.95. The average molecular weight is 362 g/mol. The molecule has 1 amide bonds. The van der Waals surface area contributed by atoms with E-state index in [1.54, 1.807) is 24.3 Å². The van der Waals surface area contributed by atoms with E-state index < -0.39 is 5.91 Å². The van der Waals surface area contributed by atoms with E-state index in [1.807, 2.05) is 38.1 Å². The smallest absolute Gasteiger partial charge is 0.266 e. The molecule has 0 saturated carbocycles. The Hall–Kier alpha value is -3.52. The summed E-state index contributed by atoms with van der Waals surface area (Å²) in [6.07, 6.45) is 3.57. The van der Waals surface area contributed by atoms with Gasteiger partial charge in [0.2, 0.25) is 0 Å². The number of nitriles is 1. The fourth-order valence-electron chi connectivity index (χ4n) is 2.59. The minimum absolute atomic E-state index is 0.0385. The van der Waals surface area contributed by atoms with Crippen LogP contribution >= 0.6 is 0 Å². The van der Waals surface area contributed by atoms with Crippen molar-refractivity contribution in [3.8, 4) is 17.6 Å². The monoisotopic (exact) mass is 362 g/mol. The van der Waals surface area contributed by atoms with Crippen LogP contribution in [0.4, 0.5) is 5.69 Å². The van der Waals surface area contributed by atoms with E-state index in [2.05, 4.69) is 11.9 Å². The molecule has 27 heavy (non-hydrogen) atoms. The number of amides is 1. The lowest BCUT2D eigenvalue weighted by atomic mass is 10.0. The van der Waals surface area contributed by atoms with Gasteiger partial charge < -0.3 is 15.2 Å². The summed E-state index contributed by atoms with van der Waals surface area (Å²) in [5, 5.41) is 22.4. The minimum Gasteiger partial charge on any atom is -0.504 e. The Bertz CT molecular complexity index is 924. The molecule has 2 N–H and O–H groups in total. The third kappa shape index (κ3) is 5.23. The fourth-order valence-corrected chi connectivity index (χ4v) is 2.59. The Morgan fingerprint density at radius 2 is 2.15 bits per heavy atom. The van der Waals surface area contributed by atoms with Crippen LogP contribution in [0.2, 0.25) is 0 Å². The summed E-state index contributed by atoms with van der Waals surface area (Å²) in [7, 11) is 0. The number of nitrogens with zero attached hydrogens (tertiary/aromatic N) is 1. The van der Waals surface area contributed by atoms with Gasteiger partial charge in [0.15, 0.2) is 11.5 Å². The van der Waals surface area contributed by atoms with E-state index in [4.69, 9.17) is 4.74 Å². The number of anilines is 1. The lowest BCUT2D eigenvalue weighted by molar-refractivity contribution is -0.112. The summed E-state index contributed by atoms with van der Waals surface area (Å²) in [6.45, 7) is 7.79. The number of benzene rings is 2. The van der Waals surface area contributed by atoms with Crippen LogP contribution < -0.4 is 10.1 Å². The first kappa shape index (κ1) is 19.8. The first-order chi connectivity index (χ1) is 13.0. The molecule has 0 fully saturated rings. The summed E-state index contributed by atoms with van der Waals surface area (Å²) in [4.78, 5) is 12.4. The molecule has 0 aliphatic rings. The Kier molecular flexibility index (Phi) is 6.79. The van der Waals surface area contributed by atoms with E-state index in [-0.39, 0.29) is 11.3 Å². The average Bonchev–Trinajstić information content (AvgIpc) is 2.63. The molecule has 0 aliphatic carbocycles. The molecule has 0 atom stereocenters. The molecule has 0 aliphatic heterocycles. The molecule has 2 aromatic carbocycles. The first-order valence-corrected chi connectivity index (χ1v) is 8.57. The maximum Gasteiger partial charge on any atom is 0.266 e. The summed E-state index contributed by atoms with van der Waals surface area (Å²) in [6, 6.07) is 12.6. The number of carbonyl (C=O) groups is 1. The lowest BCUT2D eigenvalue weighted by Gasteiger charge is -2.11. The number of phenols is 1. The zero-order valence-corrected chi connectivity index (χ0v) is 15.5. The van der Waals surface area contributed by atoms with Crippen LogP contribution in [0, 0.1) is 18.3 Å². The molecular weight excluding hydrogens is 340 g/mol. The van der Waals surface area contributed by atoms with Crippen LogP contribution in [0.15, 0.2) is 54.6 Å². The second-order valence-electron chi connectivity index (χ2n) is 5.95. The van der Waals surface area contributed by atoms with Crippen LogP contribution in [0.5, 0.6) is 11.5 Å². The predicted octanol–water partition coefficient (Wildman–Crippen LogP) is 4.37. The Morgan fingerprint density at radius 3 is 2.78 bits per heavy atom. The van der Waals surface area contributed by atoms with Crippen molar-refractivity contribution in [3.05, 3.63) is 71.3 Å². The second kappa shape index (κ2) is 9.25. The molecule has 5 heteroatoms. The maximum atomic E-state index is 12.4. The van der Waals surface area contributed by atoms with Gasteiger partial charge in [0, 0.05) is 11.3 Å². The number of ether oxygens (including phenoxy) is 1. The largest absolute Gasteiger partial charge is 0.504 e. The molecule has 2 rings (SSSR count). The van der Waals surface area contributed by atoms with Gasteiger partial charge in [-0.2, -0.15) is 5.26 Å². The number of phenolic OH excluding ortho intramolecular Hbond substituents is 1. The number of hydrogen-bond acceptors (Lipinski definition) is 4. The van der Waals surface area contributed by atoms with Crippen molar-refractivity contribution >= 4 is 17.7 Å². The highest BCUT2D eigenvalue weighted by atomic mass is 16.5. The quantitative estimate of drug-likeness (QED) is 0.435. The van der Waals surface area contributed by atoms with Crippen LogP contribution in [0.3, 0.4) is 0 Å². The topological polar surface area (TPSA) is 82.4 Å². The van der Waals surface area contributed by atoms with E-state index in [0.29, 0.717) is 35.6 Å². The molecule has 138 valence electrons. The maximum absolute atomic E-state index is 12.4. The molecule has 0 saturated heterocycles. The van der Waals surface area contributed by atoms with Gasteiger partial charge >= 0.3 is 0 Å². The Morgan fingerprint density at radius 1 is 1.37 bits per heavy atom. The number of hydrogen-bond donors (Lipinski definition) is 2. The minimum atomic E-state index is -0.501. The standard InChI is InChI=1S/C22H22N2O3/c1-4-7-17-11-16(13-20(21(17)25)27-5-2)12-18(14-23)22(26)24-19-9-6-8-15(3)10-19/h4,6,8-13,25H,1,5,7H2,2-3H3,(H,24,26)/b18-12-. The van der Waals surface area contributed by atoms with Crippen molar-refractivity contribution in [2.75, 3.05) is 11.9 Å². The predicted molar refractivity (Wildman–Crippen MR) is 107 cm³/mol. The van der Waals surface area contributed by atoms with Gasteiger partial charge in [0.25, 0.3) is 5.91 Å². The first-order valence-electron chi connectivity index (χ1n) is 8.57. The van der Waals surface area contributed by atoms with Gasteiger partial charge in [-0.15, -0.1) is 6.58 Å². The van der Waals surface area contributed by atoms with Crippen LogP contribution in [-0.2, 0) is 11.2 Å². The van der Waals surface area contributed by atoms with Crippen molar-refractivity contribution < 1.29 is 14.6 Å². The van der Waals surface area contributed by atoms with Gasteiger partial charge in [-0.1, -0.05) is 18.2 Å². The van der Waals surface area contributed by atoms with Crippen LogP contribution in [0.25, 0.3) is 6.08 Å². The summed E-state index contributed by atoms with van der Waals surface area (Å²) < 4.78 is 5.45. The summed E-state index contributed by atoms with van der Waals surface area (Å²) in [5.41, 5.74) is 2.77. The molecule has 0 heterocycles. The van der Waals surface area contributed by atoms with Crippen molar-refractivity contribution in [3.63, 3.8) is 0 Å². The molecular formula is C22H22N2O3. The third-order valence-corrected chi connectivity index (χ3v) is 3.79. The molecule has 0 unspecified atom stereocenters. The van der Waals surface area contributed by atoms with Gasteiger partial charge in [0.1, 0.15) is 11.6 Å². The lowest BCUT2D eigenvalue weighted by Crippen LogP contribution is -2.13. The normalized spacial score (nSPS) is 10.8. The van der Waals surface area contributed by atoms with Crippen LogP contribution in [0.1, 0.15) is 23.6 Å². The molecule has 5 nitrogen and oxygen atoms in total. The van der Waals surface area contributed by atoms with Gasteiger partial charge in [-0.3, -0.25) is 4.79 Å². The Labute approximate surface area is 159 Å². The van der Waals surface area contributed by atoms with E-state index >= 15 is 0 Å². The molecule has 0 spiro atoms. The number of nitrogens with one attached hydrogen (secondary N) is 1. The van der Waals surface area contributed by atoms with Crippen molar-refractivity contribution in [2.24, 2.45) is 0 Å². The number of allylic oxidation sites excluding steroid dienone is 1. The number of rotatable bonds is 7. The highest BCUT2D eigenvalue weighted by molar-refractivity contribution is 6.09.